The van der Waals surface area contributed by atoms with Crippen molar-refractivity contribution in [3.05, 3.63) is 132 Å². The number of carbonyl (C=O) groups excluding carboxylic acids is 1. The zero-order valence-electron chi connectivity index (χ0n) is 31.7. The van der Waals surface area contributed by atoms with Crippen LogP contribution in [0.5, 0.6) is 0 Å². The normalized spacial score (nSPS) is 17.9. The van der Waals surface area contributed by atoms with Gasteiger partial charge in [0, 0.05) is 6.61 Å². The summed E-state index contributed by atoms with van der Waals surface area (Å²) in [6.45, 7) is 13.8. The summed E-state index contributed by atoms with van der Waals surface area (Å²) in [6.07, 6.45) is -0.0765. The van der Waals surface area contributed by atoms with Crippen molar-refractivity contribution in [3.63, 3.8) is 0 Å². The van der Waals surface area contributed by atoms with Crippen LogP contribution in [0.3, 0.4) is 0 Å². The molecule has 1 saturated heterocycles. The number of aliphatic hydroxyl groups excluding tert-OH is 1. The highest BCUT2D eigenvalue weighted by Crippen LogP contribution is 2.41. The van der Waals surface area contributed by atoms with E-state index in [9.17, 15) is 9.90 Å². The Labute approximate surface area is 312 Å². The van der Waals surface area contributed by atoms with Crippen LogP contribution in [-0.4, -0.2) is 61.7 Å². The van der Waals surface area contributed by atoms with Crippen molar-refractivity contribution in [2.75, 3.05) is 13.2 Å². The van der Waals surface area contributed by atoms with Gasteiger partial charge < -0.3 is 23.7 Å². The molecule has 1 aliphatic rings. The van der Waals surface area contributed by atoms with E-state index in [1.807, 2.05) is 81.4 Å². The fourth-order valence-electron chi connectivity index (χ4n) is 7.16. The number of aliphatic hydroxyl groups is 1. The minimum atomic E-state index is -3.09. The lowest BCUT2D eigenvalue weighted by Gasteiger charge is -2.47. The van der Waals surface area contributed by atoms with E-state index in [1.165, 1.54) is 0 Å². The van der Waals surface area contributed by atoms with Crippen molar-refractivity contribution in [3.8, 4) is 0 Å². The zero-order valence-corrected chi connectivity index (χ0v) is 32.7. The molecule has 1 amide bonds. The molecule has 1 fully saturated rings. The third kappa shape index (κ3) is 9.99. The SMILES string of the molecule is CC(C)(C)OC(=O)N1[C@@H]([C@@H](CCC(O)CCCOCc2ccccc2)O[Si](c2ccccc2)(c2ccccc2)C(C)(C)C)OC[C@H]1c1ccccc1. The summed E-state index contributed by atoms with van der Waals surface area (Å²) >= 11 is 0. The molecule has 0 spiro atoms. The first kappa shape index (κ1) is 39.4. The molecule has 5 rings (SSSR count). The summed E-state index contributed by atoms with van der Waals surface area (Å²) in [5, 5.41) is 13.3. The van der Waals surface area contributed by atoms with Crippen LogP contribution < -0.4 is 10.4 Å². The first-order valence-corrected chi connectivity index (χ1v) is 20.6. The summed E-state index contributed by atoms with van der Waals surface area (Å²) in [5.41, 5.74) is 1.39. The summed E-state index contributed by atoms with van der Waals surface area (Å²) in [5.74, 6) is 0. The Bertz CT molecular complexity index is 1600. The van der Waals surface area contributed by atoms with Gasteiger partial charge >= 0.3 is 6.09 Å². The minimum Gasteiger partial charge on any atom is -0.444 e. The largest absolute Gasteiger partial charge is 0.444 e. The van der Waals surface area contributed by atoms with Crippen LogP contribution in [-0.2, 0) is 25.2 Å². The minimum absolute atomic E-state index is 0.301. The molecule has 1 heterocycles. The first-order valence-electron chi connectivity index (χ1n) is 18.7. The lowest BCUT2D eigenvalue weighted by atomic mass is 10.0. The van der Waals surface area contributed by atoms with Crippen LogP contribution in [0.2, 0.25) is 5.04 Å². The predicted octanol–water partition coefficient (Wildman–Crippen LogP) is 8.40. The Morgan fingerprint density at radius 2 is 1.33 bits per heavy atom. The fraction of sp³-hybridized carbons (Fsp3) is 0.432. The van der Waals surface area contributed by atoms with Gasteiger partial charge in [-0.05, 0) is 73.0 Å². The molecule has 0 bridgehead atoms. The van der Waals surface area contributed by atoms with Crippen molar-refractivity contribution >= 4 is 24.8 Å². The Morgan fingerprint density at radius 3 is 1.87 bits per heavy atom. The van der Waals surface area contributed by atoms with Crippen LogP contribution >= 0.6 is 0 Å². The molecule has 4 aromatic rings. The Morgan fingerprint density at radius 1 is 0.788 bits per heavy atom. The van der Waals surface area contributed by atoms with Gasteiger partial charge in [-0.15, -0.1) is 0 Å². The van der Waals surface area contributed by atoms with Crippen LogP contribution in [0.1, 0.15) is 84.4 Å². The van der Waals surface area contributed by atoms with Gasteiger partial charge in [0.05, 0.1) is 31.5 Å². The Hall–Kier alpha value is -3.79. The average molecular weight is 724 g/mol. The summed E-state index contributed by atoms with van der Waals surface area (Å²) < 4.78 is 26.4. The van der Waals surface area contributed by atoms with Crippen molar-refractivity contribution in [1.82, 2.24) is 4.90 Å². The number of nitrogens with zero attached hydrogens (tertiary/aromatic N) is 1. The molecule has 0 aromatic heterocycles. The molecule has 1 aliphatic heterocycles. The number of rotatable bonds is 15. The van der Waals surface area contributed by atoms with Crippen LogP contribution in [0.4, 0.5) is 4.79 Å². The van der Waals surface area contributed by atoms with E-state index < -0.39 is 38.4 Å². The summed E-state index contributed by atoms with van der Waals surface area (Å²) in [6, 6.07) is 40.7. The standard InChI is InChI=1S/C44H57NO6Si/c1-43(2,3)50-42(47)45-39(35-22-13-8-14-23-35)33-49-41(45)40(30-29-36(46)24-19-31-48-32-34-20-11-7-12-21-34)51-52(44(4,5)6,37-25-15-9-16-26-37)38-27-17-10-18-28-38/h7-18,20-23,25-28,36,39-41,46H,19,24,29-33H2,1-6H3/t36?,39-,40+,41+/m0/s1. The molecule has 1 unspecified atom stereocenters. The highest BCUT2D eigenvalue weighted by molar-refractivity contribution is 6.99. The third-order valence-corrected chi connectivity index (χ3v) is 14.7. The second-order valence-corrected chi connectivity index (χ2v) is 20.0. The van der Waals surface area contributed by atoms with E-state index in [1.54, 1.807) is 4.90 Å². The number of hydrogen-bond acceptors (Lipinski definition) is 6. The van der Waals surface area contributed by atoms with Gasteiger partial charge in [-0.25, -0.2) is 4.79 Å². The first-order chi connectivity index (χ1) is 24.9. The van der Waals surface area contributed by atoms with Crippen molar-refractivity contribution < 1.29 is 28.5 Å². The molecule has 4 atom stereocenters. The van der Waals surface area contributed by atoms with Gasteiger partial charge in [0.2, 0.25) is 0 Å². The van der Waals surface area contributed by atoms with E-state index in [0.717, 1.165) is 27.9 Å². The number of ether oxygens (including phenoxy) is 3. The predicted molar refractivity (Wildman–Crippen MR) is 210 cm³/mol. The molecule has 8 heteroatoms. The second kappa shape index (κ2) is 17.8. The van der Waals surface area contributed by atoms with Gasteiger partial charge in [0.15, 0.2) is 6.23 Å². The monoisotopic (exact) mass is 723 g/mol. The molecule has 52 heavy (non-hydrogen) atoms. The third-order valence-electron chi connectivity index (χ3n) is 9.61. The van der Waals surface area contributed by atoms with Gasteiger partial charge in [-0.1, -0.05) is 142 Å². The lowest BCUT2D eigenvalue weighted by molar-refractivity contribution is -0.0695. The molecular weight excluding hydrogens is 667 g/mol. The molecule has 278 valence electrons. The van der Waals surface area contributed by atoms with Gasteiger partial charge in [0.25, 0.3) is 8.32 Å². The van der Waals surface area contributed by atoms with Crippen molar-refractivity contribution in [1.29, 1.82) is 0 Å². The van der Waals surface area contributed by atoms with E-state index in [4.69, 9.17) is 18.6 Å². The molecule has 4 aromatic carbocycles. The molecule has 0 aliphatic carbocycles. The molecular formula is C44H57NO6Si. The quantitative estimate of drug-likeness (QED) is 0.0981. The van der Waals surface area contributed by atoms with Gasteiger partial charge in [-0.2, -0.15) is 0 Å². The van der Waals surface area contributed by atoms with Crippen LogP contribution in [0, 0.1) is 0 Å². The maximum atomic E-state index is 14.2. The highest BCUT2D eigenvalue weighted by atomic mass is 28.4. The van der Waals surface area contributed by atoms with Gasteiger partial charge in [-0.3, -0.25) is 4.90 Å². The van der Waals surface area contributed by atoms with Crippen molar-refractivity contribution in [2.24, 2.45) is 0 Å². The number of hydrogen-bond donors (Lipinski definition) is 1. The number of amides is 1. The maximum absolute atomic E-state index is 14.2. The van der Waals surface area contributed by atoms with Crippen LogP contribution in [0.25, 0.3) is 0 Å². The summed E-state index contributed by atoms with van der Waals surface area (Å²) in [7, 11) is -3.09. The lowest BCUT2D eigenvalue weighted by Crippen LogP contribution is -2.69. The van der Waals surface area contributed by atoms with E-state index >= 15 is 0 Å². The molecule has 1 N–H and O–H groups in total. The smallest absolute Gasteiger partial charge is 0.413 e. The maximum Gasteiger partial charge on any atom is 0.413 e. The fourth-order valence-corrected chi connectivity index (χ4v) is 11.9. The van der Waals surface area contributed by atoms with Crippen molar-refractivity contribution in [2.45, 2.75) is 109 Å². The average Bonchev–Trinajstić information content (AvgIpc) is 3.58. The molecule has 0 radical (unpaired) electrons. The molecule has 7 nitrogen and oxygen atoms in total. The Balaban J connectivity index is 1.47. The summed E-state index contributed by atoms with van der Waals surface area (Å²) in [4.78, 5) is 16.0. The number of carbonyl (C=O) groups is 1. The zero-order chi connectivity index (χ0) is 37.2. The van der Waals surface area contributed by atoms with Gasteiger partial charge in [0.1, 0.15) is 5.60 Å². The van der Waals surface area contributed by atoms with E-state index in [2.05, 4.69) is 81.4 Å². The highest BCUT2D eigenvalue weighted by Gasteiger charge is 2.54. The van der Waals surface area contributed by atoms with Crippen LogP contribution in [0.15, 0.2) is 121 Å². The molecule has 0 saturated carbocycles. The second-order valence-electron chi connectivity index (χ2n) is 15.8. The van der Waals surface area contributed by atoms with E-state index in [-0.39, 0.29) is 11.1 Å². The topological polar surface area (TPSA) is 77.5 Å². The number of benzene rings is 4. The van der Waals surface area contributed by atoms with E-state index in [0.29, 0.717) is 39.1 Å². The Kier molecular flexibility index (Phi) is 13.5.